The van der Waals surface area contributed by atoms with E-state index in [0.717, 1.165) is 27.4 Å². The van der Waals surface area contributed by atoms with Crippen LogP contribution in [0, 0.1) is 11.8 Å². The molecule has 0 aliphatic carbocycles. The van der Waals surface area contributed by atoms with Crippen LogP contribution in [0.5, 0.6) is 0 Å². The van der Waals surface area contributed by atoms with E-state index in [9.17, 15) is 9.59 Å². The molecular weight excluding hydrogens is 332 g/mol. The van der Waals surface area contributed by atoms with Gasteiger partial charge in [-0.25, -0.2) is 4.98 Å². The van der Waals surface area contributed by atoms with E-state index in [-0.39, 0.29) is 35.9 Å². The highest BCUT2D eigenvalue weighted by Gasteiger charge is 2.62. The van der Waals surface area contributed by atoms with Crippen molar-refractivity contribution in [3.8, 4) is 0 Å². The monoisotopic (exact) mass is 346 g/mol. The number of fused-ring (bicyclic) bond motifs is 6. The van der Waals surface area contributed by atoms with Gasteiger partial charge >= 0.3 is 0 Å². The van der Waals surface area contributed by atoms with E-state index >= 15 is 0 Å². The maximum absolute atomic E-state index is 12.6. The lowest BCUT2D eigenvalue weighted by molar-refractivity contribution is -0.141. The third-order valence-electron chi connectivity index (χ3n) is 4.97. The predicted octanol–water partition coefficient (Wildman–Crippen LogP) is 2.51. The standard InChI is InChI=1S/C16H14N2O3S2/c19-14-12-9-5-6-10(21-9)13(12)15(20)18(14)7-22-16-17-8-3-1-2-4-11(8)23-16/h1-4,9-10,12-13H,5-7H2/t9-,10-,12-,13+/m0/s1. The Morgan fingerprint density at radius 1 is 1.17 bits per heavy atom. The Labute approximate surface area is 141 Å². The van der Waals surface area contributed by atoms with Gasteiger partial charge in [-0.1, -0.05) is 23.9 Å². The number of rotatable bonds is 3. The van der Waals surface area contributed by atoms with Crippen molar-refractivity contribution in [2.24, 2.45) is 11.8 Å². The van der Waals surface area contributed by atoms with Crippen LogP contribution in [0.4, 0.5) is 0 Å². The number of ether oxygens (including phenoxy) is 1. The molecular formula is C16H14N2O3S2. The summed E-state index contributed by atoms with van der Waals surface area (Å²) in [5.41, 5.74) is 0.961. The average Bonchev–Trinajstić information content (AvgIpc) is 3.29. The molecule has 3 aliphatic rings. The van der Waals surface area contributed by atoms with Gasteiger partial charge in [0.05, 0.1) is 40.1 Å². The molecule has 118 valence electrons. The van der Waals surface area contributed by atoms with E-state index in [2.05, 4.69) is 4.98 Å². The molecule has 3 aliphatic heterocycles. The topological polar surface area (TPSA) is 59.5 Å². The number of hydrogen-bond donors (Lipinski definition) is 0. The summed E-state index contributed by atoms with van der Waals surface area (Å²) in [5, 5.41) is 0. The molecule has 0 N–H and O–H groups in total. The fourth-order valence-electron chi connectivity index (χ4n) is 3.93. The summed E-state index contributed by atoms with van der Waals surface area (Å²) in [5.74, 6) is -0.236. The molecule has 3 fully saturated rings. The van der Waals surface area contributed by atoms with Crippen LogP contribution < -0.4 is 0 Å². The minimum absolute atomic E-state index is 0.0427. The third-order valence-corrected chi connectivity index (χ3v) is 7.13. The SMILES string of the molecule is O=C1[C@@H]2[C@H](C(=O)N1CSc1nc3ccccc3s1)[C@@H]1CC[C@@H]2O1. The van der Waals surface area contributed by atoms with E-state index in [0.29, 0.717) is 5.88 Å². The van der Waals surface area contributed by atoms with Crippen molar-refractivity contribution in [3.63, 3.8) is 0 Å². The third kappa shape index (κ3) is 2.00. The molecule has 2 bridgehead atoms. The number of aromatic nitrogens is 1. The Bertz CT molecular complexity index is 760. The number of hydrogen-bond acceptors (Lipinski definition) is 6. The quantitative estimate of drug-likeness (QED) is 0.631. The van der Waals surface area contributed by atoms with Gasteiger partial charge in [-0.3, -0.25) is 14.5 Å². The van der Waals surface area contributed by atoms with Crippen LogP contribution in [-0.2, 0) is 14.3 Å². The second-order valence-corrected chi connectivity index (χ2v) is 8.39. The number of benzene rings is 1. The summed E-state index contributed by atoms with van der Waals surface area (Å²) in [7, 11) is 0. The van der Waals surface area contributed by atoms with E-state index < -0.39 is 0 Å². The number of para-hydroxylation sites is 1. The van der Waals surface area contributed by atoms with E-state index in [1.807, 2.05) is 24.3 Å². The maximum Gasteiger partial charge on any atom is 0.236 e. The molecule has 0 radical (unpaired) electrons. The van der Waals surface area contributed by atoms with Crippen LogP contribution in [0.25, 0.3) is 10.2 Å². The molecule has 4 atom stereocenters. The molecule has 7 heteroatoms. The average molecular weight is 346 g/mol. The van der Waals surface area contributed by atoms with Gasteiger partial charge in [0, 0.05) is 0 Å². The number of thiazole rings is 1. The number of thioether (sulfide) groups is 1. The van der Waals surface area contributed by atoms with Crippen LogP contribution in [0.1, 0.15) is 12.8 Å². The summed E-state index contributed by atoms with van der Waals surface area (Å²) in [6, 6.07) is 7.95. The van der Waals surface area contributed by atoms with Crippen LogP contribution in [0.3, 0.4) is 0 Å². The highest BCUT2D eigenvalue weighted by Crippen LogP contribution is 2.49. The lowest BCUT2D eigenvalue weighted by atomic mass is 9.81. The van der Waals surface area contributed by atoms with Crippen LogP contribution >= 0.6 is 23.1 Å². The Hall–Kier alpha value is -1.44. The zero-order valence-electron chi connectivity index (χ0n) is 12.2. The number of imide groups is 1. The molecule has 5 rings (SSSR count). The molecule has 0 saturated carbocycles. The van der Waals surface area contributed by atoms with Crippen LogP contribution in [0.15, 0.2) is 28.6 Å². The number of amides is 2. The van der Waals surface area contributed by atoms with E-state index in [1.54, 1.807) is 11.3 Å². The minimum Gasteiger partial charge on any atom is -0.373 e. The zero-order chi connectivity index (χ0) is 15.6. The Morgan fingerprint density at radius 3 is 2.57 bits per heavy atom. The number of carbonyl (C=O) groups is 2. The zero-order valence-corrected chi connectivity index (χ0v) is 13.8. The van der Waals surface area contributed by atoms with Crippen molar-refractivity contribution in [1.82, 2.24) is 9.88 Å². The highest BCUT2D eigenvalue weighted by atomic mass is 32.2. The van der Waals surface area contributed by atoms with Crippen molar-refractivity contribution in [3.05, 3.63) is 24.3 Å². The summed E-state index contributed by atoms with van der Waals surface area (Å²) >= 11 is 3.06. The summed E-state index contributed by atoms with van der Waals surface area (Å²) in [4.78, 5) is 31.1. The second-order valence-electron chi connectivity index (χ2n) is 6.17. The van der Waals surface area contributed by atoms with Gasteiger partial charge in [0.25, 0.3) is 0 Å². The van der Waals surface area contributed by atoms with Gasteiger partial charge in [0.15, 0.2) is 4.34 Å². The first-order valence-electron chi connectivity index (χ1n) is 7.71. The molecule has 1 aromatic heterocycles. The summed E-state index contributed by atoms with van der Waals surface area (Å²) in [6.07, 6.45) is 1.73. The number of likely N-dealkylation sites (tertiary alicyclic amines) is 1. The van der Waals surface area contributed by atoms with Crippen LogP contribution in [0.2, 0.25) is 0 Å². The second kappa shape index (κ2) is 5.03. The van der Waals surface area contributed by atoms with Gasteiger partial charge < -0.3 is 4.74 Å². The van der Waals surface area contributed by atoms with Crippen LogP contribution in [-0.4, -0.2) is 39.8 Å². The van der Waals surface area contributed by atoms with Crippen molar-refractivity contribution in [2.45, 2.75) is 29.4 Å². The predicted molar refractivity (Wildman–Crippen MR) is 87.1 cm³/mol. The molecule has 5 nitrogen and oxygen atoms in total. The van der Waals surface area contributed by atoms with Crippen molar-refractivity contribution < 1.29 is 14.3 Å². The van der Waals surface area contributed by atoms with Crippen molar-refractivity contribution in [2.75, 3.05) is 5.88 Å². The number of carbonyl (C=O) groups excluding carboxylic acids is 2. The maximum atomic E-state index is 12.6. The lowest BCUT2D eigenvalue weighted by Gasteiger charge is -2.16. The molecule has 0 unspecified atom stereocenters. The molecule has 2 amide bonds. The first-order chi connectivity index (χ1) is 11.2. The highest BCUT2D eigenvalue weighted by molar-refractivity contribution is 8.01. The smallest absolute Gasteiger partial charge is 0.236 e. The summed E-state index contributed by atoms with van der Waals surface area (Å²) < 4.78 is 7.76. The molecule has 4 heterocycles. The first kappa shape index (κ1) is 13.9. The Balaban J connectivity index is 1.35. The van der Waals surface area contributed by atoms with E-state index in [1.165, 1.54) is 16.7 Å². The Morgan fingerprint density at radius 2 is 1.87 bits per heavy atom. The van der Waals surface area contributed by atoms with Crippen molar-refractivity contribution in [1.29, 1.82) is 0 Å². The molecule has 23 heavy (non-hydrogen) atoms. The first-order valence-corrected chi connectivity index (χ1v) is 9.51. The van der Waals surface area contributed by atoms with Gasteiger partial charge in [0.2, 0.25) is 11.8 Å². The fraction of sp³-hybridized carbons (Fsp3) is 0.438. The normalized spacial score (nSPS) is 32.3. The molecule has 3 saturated heterocycles. The summed E-state index contributed by atoms with van der Waals surface area (Å²) in [6.45, 7) is 0. The molecule has 0 spiro atoms. The van der Waals surface area contributed by atoms with Gasteiger partial charge in [-0.05, 0) is 25.0 Å². The van der Waals surface area contributed by atoms with E-state index in [4.69, 9.17) is 4.74 Å². The fourth-order valence-corrected chi connectivity index (χ4v) is 5.95. The van der Waals surface area contributed by atoms with Gasteiger partial charge in [-0.15, -0.1) is 11.3 Å². The van der Waals surface area contributed by atoms with Gasteiger partial charge in [-0.2, -0.15) is 0 Å². The van der Waals surface area contributed by atoms with Crippen molar-refractivity contribution >= 4 is 45.1 Å². The number of nitrogens with zero attached hydrogens (tertiary/aromatic N) is 2. The largest absolute Gasteiger partial charge is 0.373 e. The van der Waals surface area contributed by atoms with Gasteiger partial charge in [0.1, 0.15) is 0 Å². The minimum atomic E-state index is -0.239. The Kier molecular flexibility index (Phi) is 3.05. The molecule has 1 aromatic carbocycles. The molecule has 2 aromatic rings. The lowest BCUT2D eigenvalue weighted by Crippen LogP contribution is -2.33.